The Morgan fingerprint density at radius 2 is 2.33 bits per heavy atom. The smallest absolute Gasteiger partial charge is 0.255 e. The number of amides is 1. The quantitative estimate of drug-likeness (QED) is 0.776. The fourth-order valence-corrected chi connectivity index (χ4v) is 2.39. The predicted molar refractivity (Wildman–Crippen MR) is 68.4 cm³/mol. The monoisotopic (exact) mass is 287 g/mol. The zero-order valence-electron chi connectivity index (χ0n) is 8.92. The van der Waals surface area contributed by atoms with Crippen molar-refractivity contribution in [2.24, 2.45) is 0 Å². The summed E-state index contributed by atoms with van der Waals surface area (Å²) in [6.07, 6.45) is 0. The van der Waals surface area contributed by atoms with E-state index in [2.05, 4.69) is 22.5 Å². The van der Waals surface area contributed by atoms with Gasteiger partial charge in [-0.15, -0.1) is 11.3 Å². The molecule has 0 saturated heterocycles. The minimum atomic E-state index is 0.0717. The summed E-state index contributed by atoms with van der Waals surface area (Å²) in [6.45, 7) is 9.06. The second-order valence-corrected chi connectivity index (χ2v) is 5.71. The highest BCUT2D eigenvalue weighted by atomic mass is 79.9. The molecule has 1 amide bonds. The van der Waals surface area contributed by atoms with E-state index in [0.29, 0.717) is 13.1 Å². The Labute approximate surface area is 103 Å². The standard InChI is InChI=1S/C11H14BrNOS/c1-4-13(6-8(2)3)11(14)9-5-10(12)15-7-9/h5,7H,2,4,6H2,1,3H3. The highest BCUT2D eigenvalue weighted by Gasteiger charge is 2.15. The molecule has 0 atom stereocenters. The van der Waals surface area contributed by atoms with E-state index in [1.54, 1.807) is 4.90 Å². The predicted octanol–water partition coefficient (Wildman–Crippen LogP) is 3.55. The highest BCUT2D eigenvalue weighted by Crippen LogP contribution is 2.21. The first-order chi connectivity index (χ1) is 7.04. The molecule has 4 heteroatoms. The van der Waals surface area contributed by atoms with Gasteiger partial charge in [0.2, 0.25) is 0 Å². The van der Waals surface area contributed by atoms with Crippen molar-refractivity contribution >= 4 is 33.2 Å². The van der Waals surface area contributed by atoms with Gasteiger partial charge in [0.05, 0.1) is 9.35 Å². The lowest BCUT2D eigenvalue weighted by Crippen LogP contribution is -2.31. The van der Waals surface area contributed by atoms with Crippen LogP contribution in [0, 0.1) is 0 Å². The molecule has 0 aliphatic carbocycles. The molecular formula is C11H14BrNOS. The third-order valence-corrected chi connectivity index (χ3v) is 3.45. The topological polar surface area (TPSA) is 20.3 Å². The van der Waals surface area contributed by atoms with Gasteiger partial charge in [-0.05, 0) is 35.8 Å². The van der Waals surface area contributed by atoms with Crippen molar-refractivity contribution in [2.45, 2.75) is 13.8 Å². The minimum Gasteiger partial charge on any atom is -0.335 e. The molecule has 82 valence electrons. The Morgan fingerprint density at radius 1 is 1.67 bits per heavy atom. The largest absolute Gasteiger partial charge is 0.335 e. The van der Waals surface area contributed by atoms with Crippen LogP contribution in [0.2, 0.25) is 0 Å². The van der Waals surface area contributed by atoms with Crippen molar-refractivity contribution in [2.75, 3.05) is 13.1 Å². The van der Waals surface area contributed by atoms with E-state index in [-0.39, 0.29) is 5.91 Å². The molecule has 0 spiro atoms. The zero-order valence-corrected chi connectivity index (χ0v) is 11.3. The van der Waals surface area contributed by atoms with Crippen molar-refractivity contribution in [1.29, 1.82) is 0 Å². The van der Waals surface area contributed by atoms with Crippen LogP contribution in [0.25, 0.3) is 0 Å². The number of thiophene rings is 1. The van der Waals surface area contributed by atoms with Gasteiger partial charge in [0, 0.05) is 18.5 Å². The van der Waals surface area contributed by atoms with Gasteiger partial charge >= 0.3 is 0 Å². The summed E-state index contributed by atoms with van der Waals surface area (Å²) < 4.78 is 0.984. The number of carbonyl (C=O) groups is 1. The molecule has 2 nitrogen and oxygen atoms in total. The van der Waals surface area contributed by atoms with Gasteiger partial charge < -0.3 is 4.90 Å². The van der Waals surface area contributed by atoms with Crippen molar-refractivity contribution < 1.29 is 4.79 Å². The lowest BCUT2D eigenvalue weighted by Gasteiger charge is -2.20. The lowest BCUT2D eigenvalue weighted by atomic mass is 10.2. The van der Waals surface area contributed by atoms with Crippen molar-refractivity contribution in [1.82, 2.24) is 4.90 Å². The number of rotatable bonds is 4. The Kier molecular flexibility index (Phi) is 4.54. The minimum absolute atomic E-state index is 0.0717. The first-order valence-corrected chi connectivity index (χ1v) is 6.39. The van der Waals surface area contributed by atoms with E-state index in [4.69, 9.17) is 0 Å². The molecule has 15 heavy (non-hydrogen) atoms. The normalized spacial score (nSPS) is 10.1. The molecule has 0 fully saturated rings. The molecule has 1 aromatic rings. The molecule has 0 N–H and O–H groups in total. The van der Waals surface area contributed by atoms with E-state index in [0.717, 1.165) is 14.9 Å². The van der Waals surface area contributed by atoms with Gasteiger partial charge in [0.25, 0.3) is 5.91 Å². The lowest BCUT2D eigenvalue weighted by molar-refractivity contribution is 0.0779. The van der Waals surface area contributed by atoms with Crippen LogP contribution in [-0.2, 0) is 0 Å². The summed E-state index contributed by atoms with van der Waals surface area (Å²) in [7, 11) is 0. The molecule has 0 aliphatic rings. The van der Waals surface area contributed by atoms with Gasteiger partial charge in [0.1, 0.15) is 0 Å². The molecule has 0 aromatic carbocycles. The molecule has 1 aromatic heterocycles. The zero-order chi connectivity index (χ0) is 11.4. The molecule has 0 radical (unpaired) electrons. The third kappa shape index (κ3) is 3.47. The summed E-state index contributed by atoms with van der Waals surface area (Å²) in [5, 5.41) is 1.87. The van der Waals surface area contributed by atoms with Gasteiger partial charge in [-0.2, -0.15) is 0 Å². The Hall–Kier alpha value is -0.610. The highest BCUT2D eigenvalue weighted by molar-refractivity contribution is 9.11. The second-order valence-electron chi connectivity index (χ2n) is 3.42. The average Bonchev–Trinajstić information content (AvgIpc) is 2.60. The van der Waals surface area contributed by atoms with Gasteiger partial charge in [-0.25, -0.2) is 0 Å². The summed E-state index contributed by atoms with van der Waals surface area (Å²) in [6, 6.07) is 1.86. The van der Waals surface area contributed by atoms with E-state index in [1.165, 1.54) is 11.3 Å². The van der Waals surface area contributed by atoms with Crippen LogP contribution in [-0.4, -0.2) is 23.9 Å². The summed E-state index contributed by atoms with van der Waals surface area (Å²) >= 11 is 4.88. The maximum atomic E-state index is 12.0. The summed E-state index contributed by atoms with van der Waals surface area (Å²) in [5.41, 5.74) is 1.74. The Balaban J connectivity index is 2.77. The molecule has 0 saturated carbocycles. The number of halogens is 1. The molecule has 0 bridgehead atoms. The number of likely N-dealkylation sites (N-methyl/N-ethyl adjacent to an activating group) is 1. The van der Waals surface area contributed by atoms with Crippen LogP contribution in [0.15, 0.2) is 27.4 Å². The van der Waals surface area contributed by atoms with Gasteiger partial charge in [-0.3, -0.25) is 4.79 Å². The van der Waals surface area contributed by atoms with Crippen molar-refractivity contribution in [3.8, 4) is 0 Å². The Morgan fingerprint density at radius 3 is 2.73 bits per heavy atom. The van der Waals surface area contributed by atoms with Crippen LogP contribution in [0.1, 0.15) is 24.2 Å². The molecule has 1 heterocycles. The van der Waals surface area contributed by atoms with Crippen molar-refractivity contribution in [3.05, 3.63) is 32.9 Å². The van der Waals surface area contributed by atoms with E-state index in [9.17, 15) is 4.79 Å². The number of carbonyl (C=O) groups excluding carboxylic acids is 1. The fraction of sp³-hybridized carbons (Fsp3) is 0.364. The molecule has 1 rings (SSSR count). The second kappa shape index (κ2) is 5.47. The van der Waals surface area contributed by atoms with Gasteiger partial charge in [-0.1, -0.05) is 12.2 Å². The van der Waals surface area contributed by atoms with Crippen LogP contribution in [0.3, 0.4) is 0 Å². The third-order valence-electron chi connectivity index (χ3n) is 1.94. The summed E-state index contributed by atoms with van der Waals surface area (Å²) in [4.78, 5) is 13.8. The van der Waals surface area contributed by atoms with Gasteiger partial charge in [0.15, 0.2) is 0 Å². The van der Waals surface area contributed by atoms with Crippen LogP contribution >= 0.6 is 27.3 Å². The van der Waals surface area contributed by atoms with E-state index < -0.39 is 0 Å². The maximum Gasteiger partial charge on any atom is 0.255 e. The van der Waals surface area contributed by atoms with E-state index in [1.807, 2.05) is 25.3 Å². The van der Waals surface area contributed by atoms with Crippen LogP contribution in [0.5, 0.6) is 0 Å². The fourth-order valence-electron chi connectivity index (χ4n) is 1.26. The number of nitrogens with zero attached hydrogens (tertiary/aromatic N) is 1. The average molecular weight is 288 g/mol. The van der Waals surface area contributed by atoms with E-state index >= 15 is 0 Å². The number of hydrogen-bond donors (Lipinski definition) is 0. The molecular weight excluding hydrogens is 274 g/mol. The number of hydrogen-bond acceptors (Lipinski definition) is 2. The molecule has 0 aliphatic heterocycles. The SMILES string of the molecule is C=C(C)CN(CC)C(=O)c1csc(Br)c1. The first-order valence-electron chi connectivity index (χ1n) is 4.72. The summed E-state index contributed by atoms with van der Waals surface area (Å²) in [5.74, 6) is 0.0717. The maximum absolute atomic E-state index is 12.0. The first kappa shape index (κ1) is 12.5. The van der Waals surface area contributed by atoms with Crippen LogP contribution in [0.4, 0.5) is 0 Å². The molecule has 0 unspecified atom stereocenters. The van der Waals surface area contributed by atoms with Crippen LogP contribution < -0.4 is 0 Å². The Bertz CT molecular complexity index is 372. The van der Waals surface area contributed by atoms with Crippen molar-refractivity contribution in [3.63, 3.8) is 0 Å².